The third kappa shape index (κ3) is 3.30. The van der Waals surface area contributed by atoms with Gasteiger partial charge in [0.25, 0.3) is 5.91 Å². The zero-order valence-corrected chi connectivity index (χ0v) is 16.1. The summed E-state index contributed by atoms with van der Waals surface area (Å²) in [5.74, 6) is 1.49. The van der Waals surface area contributed by atoms with Crippen molar-refractivity contribution in [3.8, 4) is 5.75 Å². The van der Waals surface area contributed by atoms with E-state index in [-0.39, 0.29) is 23.8 Å². The van der Waals surface area contributed by atoms with Gasteiger partial charge in [-0.3, -0.25) is 4.79 Å². The van der Waals surface area contributed by atoms with Crippen LogP contribution in [-0.2, 0) is 0 Å². The highest BCUT2D eigenvalue weighted by atomic mass is 16.5. The predicted octanol–water partition coefficient (Wildman–Crippen LogP) is 1.84. The standard InChI is InChI=1S/C21H26N4O3/c1-28-18-6-3-2-5-17(18)19(27)24-11-7-21(8-12-24)15-25(13-16(21)14-26)20-22-9-4-10-23-20/h2-6,9-10,16,26H,7-8,11-15H2,1H3. The number of carbonyl (C=O) groups is 1. The highest BCUT2D eigenvalue weighted by Gasteiger charge is 2.48. The molecule has 2 aliphatic heterocycles. The van der Waals surface area contributed by atoms with Gasteiger partial charge < -0.3 is 19.6 Å². The number of benzene rings is 1. The van der Waals surface area contributed by atoms with Crippen molar-refractivity contribution in [3.63, 3.8) is 0 Å². The normalized spacial score (nSPS) is 21.1. The highest BCUT2D eigenvalue weighted by Crippen LogP contribution is 2.45. The first-order valence-corrected chi connectivity index (χ1v) is 9.72. The molecule has 0 bridgehead atoms. The van der Waals surface area contributed by atoms with Crippen molar-refractivity contribution >= 4 is 11.9 Å². The second-order valence-electron chi connectivity index (χ2n) is 7.66. The quantitative estimate of drug-likeness (QED) is 0.869. The number of methoxy groups -OCH3 is 1. The molecule has 28 heavy (non-hydrogen) atoms. The minimum atomic E-state index is -0.00843. The van der Waals surface area contributed by atoms with E-state index in [0.29, 0.717) is 30.4 Å². The van der Waals surface area contributed by atoms with E-state index in [1.165, 1.54) is 0 Å². The average Bonchev–Trinajstić information content (AvgIpc) is 3.12. The van der Waals surface area contributed by atoms with E-state index < -0.39 is 0 Å². The first-order valence-electron chi connectivity index (χ1n) is 9.72. The van der Waals surface area contributed by atoms with Crippen LogP contribution in [0.4, 0.5) is 5.95 Å². The lowest BCUT2D eigenvalue weighted by atomic mass is 9.71. The molecule has 148 valence electrons. The molecule has 7 nitrogen and oxygen atoms in total. The molecule has 1 N–H and O–H groups in total. The van der Waals surface area contributed by atoms with Crippen LogP contribution in [0, 0.1) is 11.3 Å². The molecule has 2 saturated heterocycles. The Balaban J connectivity index is 1.47. The molecule has 2 aromatic rings. The fourth-order valence-corrected chi connectivity index (χ4v) is 4.60. The smallest absolute Gasteiger partial charge is 0.257 e. The second kappa shape index (κ2) is 7.75. The number of carbonyl (C=O) groups excluding carboxylic acids is 1. The third-order valence-electron chi connectivity index (χ3n) is 6.25. The van der Waals surface area contributed by atoms with E-state index in [2.05, 4.69) is 14.9 Å². The fraction of sp³-hybridized carbons (Fsp3) is 0.476. The van der Waals surface area contributed by atoms with E-state index in [1.807, 2.05) is 29.2 Å². The van der Waals surface area contributed by atoms with Gasteiger partial charge in [0.05, 0.1) is 12.7 Å². The Morgan fingerprint density at radius 3 is 2.61 bits per heavy atom. The summed E-state index contributed by atoms with van der Waals surface area (Å²) in [6.07, 6.45) is 5.22. The van der Waals surface area contributed by atoms with Gasteiger partial charge >= 0.3 is 0 Å². The molecule has 7 heteroatoms. The molecule has 0 aliphatic carbocycles. The maximum Gasteiger partial charge on any atom is 0.257 e. The van der Waals surface area contributed by atoms with Crippen molar-refractivity contribution < 1.29 is 14.6 Å². The SMILES string of the molecule is COc1ccccc1C(=O)N1CCC2(CC1)CN(c1ncccn1)CC2CO. The lowest BCUT2D eigenvalue weighted by molar-refractivity contribution is 0.0414. The van der Waals surface area contributed by atoms with E-state index in [0.717, 1.165) is 25.9 Å². The molecular weight excluding hydrogens is 356 g/mol. The number of aliphatic hydroxyl groups excluding tert-OH is 1. The zero-order chi connectivity index (χ0) is 19.6. The Labute approximate surface area is 165 Å². The van der Waals surface area contributed by atoms with Crippen LogP contribution in [0.1, 0.15) is 23.2 Å². The number of aromatic nitrogens is 2. The fourth-order valence-electron chi connectivity index (χ4n) is 4.60. The van der Waals surface area contributed by atoms with Crippen LogP contribution in [0.15, 0.2) is 42.7 Å². The number of hydrogen-bond donors (Lipinski definition) is 1. The number of amides is 1. The molecule has 2 aliphatic rings. The minimum Gasteiger partial charge on any atom is -0.496 e. The molecule has 2 fully saturated rings. The average molecular weight is 382 g/mol. The lowest BCUT2D eigenvalue weighted by Gasteiger charge is -2.42. The molecule has 0 saturated carbocycles. The van der Waals surface area contributed by atoms with E-state index in [1.54, 1.807) is 25.6 Å². The Bertz CT molecular complexity index is 821. The van der Waals surface area contributed by atoms with Crippen molar-refractivity contribution in [1.29, 1.82) is 0 Å². The van der Waals surface area contributed by atoms with Gasteiger partial charge in [-0.2, -0.15) is 0 Å². The predicted molar refractivity (Wildman–Crippen MR) is 105 cm³/mol. The summed E-state index contributed by atoms with van der Waals surface area (Å²) in [6.45, 7) is 3.07. The Hall–Kier alpha value is -2.67. The van der Waals surface area contributed by atoms with Crippen molar-refractivity contribution in [1.82, 2.24) is 14.9 Å². The molecule has 1 atom stereocenters. The van der Waals surface area contributed by atoms with Crippen LogP contribution in [0.3, 0.4) is 0 Å². The largest absolute Gasteiger partial charge is 0.496 e. The molecule has 3 heterocycles. The van der Waals surface area contributed by atoms with Gasteiger partial charge in [-0.25, -0.2) is 9.97 Å². The van der Waals surface area contributed by atoms with Gasteiger partial charge in [0.1, 0.15) is 5.75 Å². The van der Waals surface area contributed by atoms with Crippen molar-refractivity contribution in [2.24, 2.45) is 11.3 Å². The van der Waals surface area contributed by atoms with Gasteiger partial charge in [-0.1, -0.05) is 12.1 Å². The van der Waals surface area contributed by atoms with Crippen LogP contribution in [0.2, 0.25) is 0 Å². The van der Waals surface area contributed by atoms with Crippen LogP contribution < -0.4 is 9.64 Å². The number of hydrogen-bond acceptors (Lipinski definition) is 6. The zero-order valence-electron chi connectivity index (χ0n) is 16.1. The Morgan fingerprint density at radius 1 is 1.21 bits per heavy atom. The molecule has 1 amide bonds. The topological polar surface area (TPSA) is 78.8 Å². The van der Waals surface area contributed by atoms with Crippen LogP contribution in [0.5, 0.6) is 5.75 Å². The van der Waals surface area contributed by atoms with Crippen LogP contribution >= 0.6 is 0 Å². The van der Waals surface area contributed by atoms with Gasteiger partial charge in [-0.05, 0) is 36.5 Å². The molecule has 1 aromatic heterocycles. The van der Waals surface area contributed by atoms with Crippen LogP contribution in [0.25, 0.3) is 0 Å². The number of ether oxygens (including phenoxy) is 1. The first-order chi connectivity index (χ1) is 13.7. The lowest BCUT2D eigenvalue weighted by Crippen LogP contribution is -2.47. The first kappa shape index (κ1) is 18.7. The molecule has 1 spiro atoms. The number of piperidine rings is 1. The summed E-state index contributed by atoms with van der Waals surface area (Å²) in [5.41, 5.74) is 0.594. The summed E-state index contributed by atoms with van der Waals surface area (Å²) < 4.78 is 5.35. The van der Waals surface area contributed by atoms with E-state index in [9.17, 15) is 9.90 Å². The number of likely N-dealkylation sites (tertiary alicyclic amines) is 1. The number of anilines is 1. The number of rotatable bonds is 4. The summed E-state index contributed by atoms with van der Waals surface area (Å²) in [4.78, 5) is 25.8. The molecular formula is C21H26N4O3. The molecule has 4 rings (SSSR count). The van der Waals surface area contributed by atoms with Crippen molar-refractivity contribution in [2.75, 3.05) is 44.8 Å². The summed E-state index contributed by atoms with van der Waals surface area (Å²) >= 11 is 0. The molecule has 0 radical (unpaired) electrons. The van der Waals surface area contributed by atoms with Gasteiger partial charge in [-0.15, -0.1) is 0 Å². The maximum absolute atomic E-state index is 13.0. The van der Waals surface area contributed by atoms with Gasteiger partial charge in [0, 0.05) is 51.1 Å². The molecule has 1 unspecified atom stereocenters. The monoisotopic (exact) mass is 382 g/mol. The molecule has 1 aromatic carbocycles. The van der Waals surface area contributed by atoms with E-state index in [4.69, 9.17) is 4.74 Å². The summed E-state index contributed by atoms with van der Waals surface area (Å²) in [5, 5.41) is 10.0. The number of aliphatic hydroxyl groups is 1. The van der Waals surface area contributed by atoms with E-state index >= 15 is 0 Å². The minimum absolute atomic E-state index is 0.00842. The second-order valence-corrected chi connectivity index (χ2v) is 7.66. The van der Waals surface area contributed by atoms with Crippen molar-refractivity contribution in [3.05, 3.63) is 48.3 Å². The number of nitrogens with zero attached hydrogens (tertiary/aromatic N) is 4. The Morgan fingerprint density at radius 2 is 1.93 bits per heavy atom. The third-order valence-corrected chi connectivity index (χ3v) is 6.25. The Kier molecular flexibility index (Phi) is 5.17. The van der Waals surface area contributed by atoms with Gasteiger partial charge in [0.2, 0.25) is 5.95 Å². The number of para-hydroxylation sites is 1. The highest BCUT2D eigenvalue weighted by molar-refractivity contribution is 5.97. The maximum atomic E-state index is 13.0. The summed E-state index contributed by atoms with van der Waals surface area (Å²) in [7, 11) is 1.59. The van der Waals surface area contributed by atoms with Gasteiger partial charge in [0.15, 0.2) is 0 Å². The van der Waals surface area contributed by atoms with Crippen molar-refractivity contribution in [2.45, 2.75) is 12.8 Å². The van der Waals surface area contributed by atoms with Crippen LogP contribution in [-0.4, -0.2) is 65.8 Å². The summed E-state index contributed by atoms with van der Waals surface area (Å²) in [6, 6.07) is 9.16.